The lowest BCUT2D eigenvalue weighted by Crippen LogP contribution is -2.71. The first kappa shape index (κ1) is 39.0. The Morgan fingerprint density at radius 3 is 1.05 bits per heavy atom. The molecule has 0 radical (unpaired) electrons. The van der Waals surface area contributed by atoms with Crippen LogP contribution in [0, 0.1) is 0 Å². The highest BCUT2D eigenvalue weighted by atomic mass is 127. The van der Waals surface area contributed by atoms with Crippen molar-refractivity contribution in [2.75, 3.05) is 6.61 Å². The van der Waals surface area contributed by atoms with Crippen LogP contribution in [0.2, 0.25) is 0 Å². The van der Waals surface area contributed by atoms with Crippen molar-refractivity contribution in [1.82, 2.24) is 0 Å². The van der Waals surface area contributed by atoms with Crippen molar-refractivity contribution in [2.24, 2.45) is 0 Å². The van der Waals surface area contributed by atoms with Gasteiger partial charge in [0.25, 0.3) is 0 Å². The minimum absolute atomic E-state index is 0.643. The average Bonchev–Trinajstić information content (AvgIpc) is 2.70. The van der Waals surface area contributed by atoms with Crippen molar-refractivity contribution >= 4 is 45.2 Å². The molecule has 0 aliphatic heterocycles. The number of hydrogen-bond donors (Lipinski definition) is 1. The molecule has 1 N–H and O–H groups in total. The molecule has 39 heavy (non-hydrogen) atoms. The molecule has 0 aromatic rings. The summed E-state index contributed by atoms with van der Waals surface area (Å²) in [5, 5.41) is 8.53. The first-order chi connectivity index (χ1) is 16.6. The Labute approximate surface area is 229 Å². The van der Waals surface area contributed by atoms with Crippen LogP contribution in [-0.4, -0.2) is 79.0 Å². The quantitative estimate of drug-likeness (QED) is 0.112. The van der Waals surface area contributed by atoms with Crippen molar-refractivity contribution in [3.8, 4) is 0 Å². The van der Waals surface area contributed by atoms with E-state index in [0.717, 1.165) is 22.6 Å². The van der Waals surface area contributed by atoms with E-state index in [0.29, 0.717) is 0 Å². The van der Waals surface area contributed by atoms with Crippen molar-refractivity contribution < 1.29 is 97.3 Å². The van der Waals surface area contributed by atoms with Crippen LogP contribution in [0.4, 0.5) is 92.2 Å². The van der Waals surface area contributed by atoms with Crippen LogP contribution in [-0.2, 0) is 0 Å². The molecule has 1 nitrogen and oxygen atoms in total. The van der Waals surface area contributed by atoms with E-state index in [1.54, 1.807) is 0 Å². The number of halogens is 23. The highest BCUT2D eigenvalue weighted by molar-refractivity contribution is 14.1. The molecule has 236 valence electrons. The fourth-order valence-electron chi connectivity index (χ4n) is 2.39. The van der Waals surface area contributed by atoms with Gasteiger partial charge in [-0.15, -0.1) is 0 Å². The second kappa shape index (κ2) is 10.9. The minimum atomic E-state index is -8.50. The van der Waals surface area contributed by atoms with Gasteiger partial charge in [0.05, 0.1) is 10.5 Å². The standard InChI is InChI=1S/C15H9F21I2O/c16-6(17,1-4(37)3-39)9(22,23)10(24,25)7(18,19)2-5(38)8(20,21)11(26,27)12(28,29)13(30,31)14(32,33)15(34,35)36/h4-5,39H,1-3H2. The van der Waals surface area contributed by atoms with Crippen LogP contribution in [0.5, 0.6) is 0 Å². The van der Waals surface area contributed by atoms with Crippen molar-refractivity contribution in [1.29, 1.82) is 0 Å². The molecule has 0 aromatic carbocycles. The minimum Gasteiger partial charge on any atom is -0.395 e. The Balaban J connectivity index is 6.56. The lowest BCUT2D eigenvalue weighted by molar-refractivity contribution is -0.440. The maximum Gasteiger partial charge on any atom is 0.460 e. The lowest BCUT2D eigenvalue weighted by Gasteiger charge is -2.42. The van der Waals surface area contributed by atoms with E-state index in [1.165, 1.54) is 0 Å². The van der Waals surface area contributed by atoms with Gasteiger partial charge in [-0.2, -0.15) is 92.2 Å². The molecule has 0 saturated heterocycles. The number of hydrogen-bond acceptors (Lipinski definition) is 1. The van der Waals surface area contributed by atoms with E-state index in [-0.39, 0.29) is 0 Å². The fourth-order valence-corrected chi connectivity index (χ4v) is 3.89. The van der Waals surface area contributed by atoms with E-state index in [1.807, 2.05) is 0 Å². The van der Waals surface area contributed by atoms with Gasteiger partial charge in [-0.25, -0.2) is 0 Å². The van der Waals surface area contributed by atoms with Gasteiger partial charge in [0.2, 0.25) is 0 Å². The summed E-state index contributed by atoms with van der Waals surface area (Å²) >= 11 is 0.105. The third-order valence-corrected chi connectivity index (χ3v) is 6.83. The molecule has 0 fully saturated rings. The molecular formula is C15H9F21I2O. The van der Waals surface area contributed by atoms with Crippen LogP contribution in [0.3, 0.4) is 0 Å². The molecule has 0 amide bonds. The predicted molar refractivity (Wildman–Crippen MR) is 103 cm³/mol. The van der Waals surface area contributed by atoms with Crippen LogP contribution < -0.4 is 0 Å². The number of aliphatic hydroxyl groups is 1. The summed E-state index contributed by atoms with van der Waals surface area (Å²) in [6.07, 6.45) is -14.2. The summed E-state index contributed by atoms with van der Waals surface area (Å²) in [4.78, 5) is 0. The van der Waals surface area contributed by atoms with Crippen LogP contribution >= 0.6 is 45.2 Å². The van der Waals surface area contributed by atoms with Gasteiger partial charge in [-0.05, 0) is 0 Å². The van der Waals surface area contributed by atoms with Crippen LogP contribution in [0.15, 0.2) is 0 Å². The molecule has 2 atom stereocenters. The smallest absolute Gasteiger partial charge is 0.395 e. The summed E-state index contributed by atoms with van der Waals surface area (Å²) in [6.45, 7) is -1.43. The lowest BCUT2D eigenvalue weighted by atomic mass is 9.88. The molecule has 0 rings (SSSR count). The zero-order chi connectivity index (χ0) is 32.3. The Kier molecular flexibility index (Phi) is 10.9. The third-order valence-electron chi connectivity index (χ3n) is 4.78. The largest absolute Gasteiger partial charge is 0.460 e. The third kappa shape index (κ3) is 6.06. The zero-order valence-electron chi connectivity index (χ0n) is 17.4. The molecule has 0 heterocycles. The Bertz CT molecular complexity index is 851. The monoisotopic (exact) mass is 858 g/mol. The molecule has 0 saturated carbocycles. The highest BCUT2D eigenvalue weighted by Crippen LogP contribution is 2.63. The van der Waals surface area contributed by atoms with Gasteiger partial charge < -0.3 is 5.11 Å². The van der Waals surface area contributed by atoms with Crippen molar-refractivity contribution in [3.63, 3.8) is 0 Å². The topological polar surface area (TPSA) is 20.2 Å². The molecular weight excluding hydrogens is 849 g/mol. The summed E-state index contributed by atoms with van der Waals surface area (Å²) in [7, 11) is 0. The van der Waals surface area contributed by atoms with Crippen LogP contribution in [0.1, 0.15) is 12.8 Å². The van der Waals surface area contributed by atoms with Gasteiger partial charge in [0.15, 0.2) is 0 Å². The zero-order valence-corrected chi connectivity index (χ0v) is 21.7. The summed E-state index contributed by atoms with van der Waals surface area (Å²) in [5.41, 5.74) is 0. The van der Waals surface area contributed by atoms with Gasteiger partial charge >= 0.3 is 59.5 Å². The molecule has 0 bridgehead atoms. The molecule has 0 aromatic heterocycles. The number of rotatable bonds is 13. The van der Waals surface area contributed by atoms with Gasteiger partial charge in [0.1, 0.15) is 0 Å². The number of aliphatic hydroxyl groups excluding tert-OH is 1. The van der Waals surface area contributed by atoms with E-state index in [4.69, 9.17) is 5.11 Å². The second-order valence-electron chi connectivity index (χ2n) is 7.63. The molecule has 0 spiro atoms. The number of alkyl halides is 23. The fraction of sp³-hybridized carbons (Fsp3) is 1.00. The second-order valence-corrected chi connectivity index (χ2v) is 10.9. The highest BCUT2D eigenvalue weighted by Gasteiger charge is 2.91. The molecule has 0 aliphatic carbocycles. The Morgan fingerprint density at radius 1 is 0.436 bits per heavy atom. The summed E-state index contributed by atoms with van der Waals surface area (Å²) in [5.74, 6) is -68.8. The van der Waals surface area contributed by atoms with Gasteiger partial charge in [-0.3, -0.25) is 0 Å². The van der Waals surface area contributed by atoms with Crippen molar-refractivity contribution in [3.05, 3.63) is 0 Å². The van der Waals surface area contributed by atoms with E-state index in [2.05, 4.69) is 0 Å². The first-order valence-corrected chi connectivity index (χ1v) is 11.4. The van der Waals surface area contributed by atoms with E-state index < -0.39 is 109 Å². The molecule has 0 aliphatic rings. The van der Waals surface area contributed by atoms with Crippen LogP contribution in [0.25, 0.3) is 0 Å². The maximum atomic E-state index is 13.9. The van der Waals surface area contributed by atoms with E-state index in [9.17, 15) is 92.2 Å². The average molecular weight is 858 g/mol. The molecule has 2 unspecified atom stereocenters. The predicted octanol–water partition coefficient (Wildman–Crippen LogP) is 8.65. The van der Waals surface area contributed by atoms with Gasteiger partial charge in [-0.1, -0.05) is 45.2 Å². The summed E-state index contributed by atoms with van der Waals surface area (Å²) in [6, 6.07) is 0. The maximum absolute atomic E-state index is 13.9. The first-order valence-electron chi connectivity index (χ1n) is 8.94. The van der Waals surface area contributed by atoms with Crippen molar-refractivity contribution in [2.45, 2.75) is 80.2 Å². The normalized spacial score (nSPS) is 17.8. The van der Waals surface area contributed by atoms with E-state index >= 15 is 0 Å². The SMILES string of the molecule is OCC(I)CC(F)(F)C(F)(F)C(F)(F)C(F)(F)CC(I)C(F)(F)C(F)(F)C(F)(F)C(F)(F)C(F)(F)C(F)(F)F. The summed E-state index contributed by atoms with van der Waals surface area (Å²) < 4.78 is 274. The Morgan fingerprint density at radius 2 is 0.744 bits per heavy atom. The van der Waals surface area contributed by atoms with Gasteiger partial charge in [0, 0.05) is 16.8 Å². The Hall–Kier alpha value is -0.0500. The molecule has 24 heteroatoms.